The van der Waals surface area contributed by atoms with Crippen LogP contribution in [-0.4, -0.2) is 99.4 Å². The first-order valence-corrected chi connectivity index (χ1v) is 23.9. The second-order valence-corrected chi connectivity index (χ2v) is 20.8. The van der Waals surface area contributed by atoms with Gasteiger partial charge in [0, 0.05) is 30.1 Å². The number of sulfonamides is 1. The molecule has 2 aromatic heterocycles. The molecule has 4 aliphatic carbocycles. The first-order chi connectivity index (χ1) is 30.3. The van der Waals surface area contributed by atoms with Crippen molar-refractivity contribution in [3.05, 3.63) is 61.0 Å². The van der Waals surface area contributed by atoms with Crippen LogP contribution >= 0.6 is 0 Å². The Bertz CT molecular complexity index is 2390. The molecule has 7 atom stereocenters. The van der Waals surface area contributed by atoms with E-state index in [-0.39, 0.29) is 55.3 Å². The molecular formula is C45H56FN7O9S. The minimum absolute atomic E-state index is 0.0483. The Morgan fingerprint density at radius 3 is 2.59 bits per heavy atom. The Morgan fingerprint density at radius 1 is 1.08 bits per heavy atom. The standard InChI is InChI=1S/C45H56FN7O9S/c1-3-29-24-45(29,42(56)51-63(58,59)44(2)16-17-44)50-39(54)34-23-30-25-53(34)41(55)36(27-10-7-8-11-27)49-43(57)62-35-22-28(35)12-5-4-6-13-32-38(60-21-20-52-19-18-47-26-52)31-14-9-15-33(46)37(31)48-40(32)61-30/h3,9,14-15,18-19,26-30,34-36H,1,4-8,10-13,16-17,20-25H2,2H3,(H,49,57)(H,50,54)(H,51,56)/t28-,29+,30-,34+,35-,36+,45-/m1/s1. The molecule has 5 fully saturated rings. The highest BCUT2D eigenvalue weighted by atomic mass is 32.2. The molecule has 18 heteroatoms. The molecule has 0 unspecified atom stereocenters. The number of aromatic nitrogens is 3. The Morgan fingerprint density at radius 2 is 1.86 bits per heavy atom. The van der Waals surface area contributed by atoms with Gasteiger partial charge in [0.15, 0.2) is 0 Å². The van der Waals surface area contributed by atoms with Gasteiger partial charge in [-0.15, -0.1) is 6.58 Å². The average Bonchev–Trinajstić information content (AvgIpc) is 4.13. The third-order valence-electron chi connectivity index (χ3n) is 14.2. The normalized spacial score (nSPS) is 29.5. The predicted octanol–water partition coefficient (Wildman–Crippen LogP) is 4.85. The van der Waals surface area contributed by atoms with Crippen molar-refractivity contribution < 1.29 is 46.2 Å². The number of carbonyl (C=O) groups is 4. The van der Waals surface area contributed by atoms with E-state index in [1.54, 1.807) is 31.6 Å². The number of nitrogens with one attached hydrogen (secondary N) is 3. The molecule has 4 amide bonds. The molecule has 338 valence electrons. The van der Waals surface area contributed by atoms with Crippen LogP contribution in [0.15, 0.2) is 49.6 Å². The van der Waals surface area contributed by atoms with Crippen LogP contribution in [0.1, 0.15) is 96.0 Å². The molecule has 3 aromatic rings. The minimum atomic E-state index is -4.04. The summed E-state index contributed by atoms with van der Waals surface area (Å²) in [4.78, 5) is 67.2. The van der Waals surface area contributed by atoms with E-state index in [1.165, 1.54) is 17.0 Å². The molecule has 0 spiro atoms. The van der Waals surface area contributed by atoms with Gasteiger partial charge in [0.05, 0.1) is 29.7 Å². The molecule has 63 heavy (non-hydrogen) atoms. The van der Waals surface area contributed by atoms with Crippen LogP contribution in [0, 0.1) is 23.6 Å². The molecule has 4 heterocycles. The lowest BCUT2D eigenvalue weighted by Gasteiger charge is -2.32. The molecule has 2 aliphatic heterocycles. The second kappa shape index (κ2) is 17.0. The summed E-state index contributed by atoms with van der Waals surface area (Å²) in [6, 6.07) is 2.48. The highest BCUT2D eigenvalue weighted by molar-refractivity contribution is 7.91. The molecule has 16 nitrogen and oxygen atoms in total. The lowest BCUT2D eigenvalue weighted by atomic mass is 9.96. The molecule has 3 N–H and O–H groups in total. The van der Waals surface area contributed by atoms with E-state index in [9.17, 15) is 27.6 Å². The number of nitrogens with zero attached hydrogens (tertiary/aromatic N) is 4. The van der Waals surface area contributed by atoms with Crippen molar-refractivity contribution in [3.63, 3.8) is 0 Å². The predicted molar refractivity (Wildman–Crippen MR) is 227 cm³/mol. The van der Waals surface area contributed by atoms with E-state index in [0.717, 1.165) is 44.9 Å². The summed E-state index contributed by atoms with van der Waals surface area (Å²) in [5.74, 6) is -2.63. The van der Waals surface area contributed by atoms with E-state index in [1.807, 2.05) is 10.8 Å². The third-order valence-corrected chi connectivity index (χ3v) is 16.3. The zero-order valence-corrected chi connectivity index (χ0v) is 36.4. The van der Waals surface area contributed by atoms with Gasteiger partial charge in [0.1, 0.15) is 53.5 Å². The fourth-order valence-corrected chi connectivity index (χ4v) is 11.1. The van der Waals surface area contributed by atoms with Crippen LogP contribution in [-0.2, 0) is 42.1 Å². The van der Waals surface area contributed by atoms with Crippen LogP contribution in [0.25, 0.3) is 10.9 Å². The van der Waals surface area contributed by atoms with Gasteiger partial charge in [-0.05, 0) is 88.7 Å². The number of rotatable bonds is 11. The molecule has 2 bridgehead atoms. The summed E-state index contributed by atoms with van der Waals surface area (Å²) in [5, 5.41) is 6.22. The van der Waals surface area contributed by atoms with Crippen molar-refractivity contribution in [1.29, 1.82) is 0 Å². The number of benzene rings is 1. The van der Waals surface area contributed by atoms with Crippen LogP contribution in [0.4, 0.5) is 9.18 Å². The van der Waals surface area contributed by atoms with Crippen molar-refractivity contribution in [2.24, 2.45) is 17.8 Å². The van der Waals surface area contributed by atoms with E-state index < -0.39 is 74.0 Å². The maximum absolute atomic E-state index is 15.7. The van der Waals surface area contributed by atoms with Gasteiger partial charge in [-0.2, -0.15) is 0 Å². The number of ether oxygens (including phenoxy) is 3. The summed E-state index contributed by atoms with van der Waals surface area (Å²) in [7, 11) is -4.04. The Labute approximate surface area is 366 Å². The second-order valence-electron chi connectivity index (χ2n) is 18.6. The van der Waals surface area contributed by atoms with Crippen LogP contribution < -0.4 is 24.8 Å². The van der Waals surface area contributed by atoms with Crippen molar-refractivity contribution in [1.82, 2.24) is 34.8 Å². The first-order valence-electron chi connectivity index (χ1n) is 22.4. The van der Waals surface area contributed by atoms with Crippen LogP contribution in [0.3, 0.4) is 0 Å². The van der Waals surface area contributed by atoms with Gasteiger partial charge in [-0.3, -0.25) is 19.1 Å². The number of fused-ring (bicyclic) bond motifs is 5. The fraction of sp³-hybridized carbons (Fsp3) is 0.600. The number of hydrogen-bond donors (Lipinski definition) is 3. The average molecular weight is 890 g/mol. The summed E-state index contributed by atoms with van der Waals surface area (Å²) in [6.45, 7) is 6.00. The SMILES string of the molecule is C=C[C@H]1C[C@]1(NC(=O)[C@@H]1C[C@@H]2CN1C(=O)[C@H](C1CCCC1)NC(=O)O[C@@H]1C[C@H]1CCCCCc1c(nc3c(F)cccc3c1OCCn1ccnc1)O2)C(=O)NS(=O)(=O)C1(C)CC1. The van der Waals surface area contributed by atoms with Gasteiger partial charge < -0.3 is 34.3 Å². The third kappa shape index (κ3) is 8.71. The number of hydrogen-bond acceptors (Lipinski definition) is 11. The Balaban J connectivity index is 1.07. The topological polar surface area (TPSA) is 200 Å². The number of pyridine rings is 1. The van der Waals surface area contributed by atoms with Gasteiger partial charge >= 0.3 is 6.09 Å². The number of halogens is 1. The molecule has 1 saturated heterocycles. The van der Waals surface area contributed by atoms with E-state index >= 15 is 4.39 Å². The van der Waals surface area contributed by atoms with Gasteiger partial charge in [0.25, 0.3) is 5.91 Å². The van der Waals surface area contributed by atoms with Crippen molar-refractivity contribution in [2.45, 2.75) is 138 Å². The Kier molecular flexibility index (Phi) is 11.6. The molecule has 6 aliphatic rings. The summed E-state index contributed by atoms with van der Waals surface area (Å²) >= 11 is 0. The van der Waals surface area contributed by atoms with Crippen LogP contribution in [0.5, 0.6) is 11.6 Å². The number of amides is 4. The van der Waals surface area contributed by atoms with Crippen molar-refractivity contribution >= 4 is 44.7 Å². The summed E-state index contributed by atoms with van der Waals surface area (Å²) in [6.07, 6.45) is 13.4. The zero-order valence-electron chi connectivity index (χ0n) is 35.6. The first kappa shape index (κ1) is 43.0. The van der Waals surface area contributed by atoms with Gasteiger partial charge in [0.2, 0.25) is 27.7 Å². The molecule has 0 radical (unpaired) electrons. The quantitative estimate of drug-likeness (QED) is 0.223. The summed E-state index contributed by atoms with van der Waals surface area (Å²) in [5.41, 5.74) is -0.923. The van der Waals surface area contributed by atoms with Crippen LogP contribution in [0.2, 0.25) is 0 Å². The minimum Gasteiger partial charge on any atom is -0.491 e. The molecule has 4 saturated carbocycles. The fourth-order valence-electron chi connectivity index (χ4n) is 9.75. The van der Waals surface area contributed by atoms with Crippen molar-refractivity contribution in [3.8, 4) is 11.6 Å². The molecular weight excluding hydrogens is 834 g/mol. The Hall–Kier alpha value is -5.26. The molecule has 9 rings (SSSR count). The lowest BCUT2D eigenvalue weighted by molar-refractivity contribution is -0.142. The van der Waals surface area contributed by atoms with Gasteiger partial charge in [-0.1, -0.05) is 37.8 Å². The smallest absolute Gasteiger partial charge is 0.408 e. The van der Waals surface area contributed by atoms with Crippen molar-refractivity contribution in [2.75, 3.05) is 13.2 Å². The highest BCUT2D eigenvalue weighted by Gasteiger charge is 2.63. The largest absolute Gasteiger partial charge is 0.491 e. The summed E-state index contributed by atoms with van der Waals surface area (Å²) < 4.78 is 64.2. The van der Waals surface area contributed by atoms with Gasteiger partial charge in [-0.25, -0.2) is 27.6 Å². The number of alkyl carbamates (subject to hydrolysis) is 1. The van der Waals surface area contributed by atoms with E-state index in [4.69, 9.17) is 19.2 Å². The number of carbonyl (C=O) groups excluding carboxylic acids is 4. The number of para-hydroxylation sites is 1. The maximum Gasteiger partial charge on any atom is 0.408 e. The van der Waals surface area contributed by atoms with E-state index in [2.05, 4.69) is 26.9 Å². The molecule has 1 aromatic carbocycles. The lowest BCUT2D eigenvalue weighted by Crippen LogP contribution is -2.59. The monoisotopic (exact) mass is 889 g/mol. The maximum atomic E-state index is 15.7. The number of imidazole rings is 1. The zero-order chi connectivity index (χ0) is 44.1. The highest BCUT2D eigenvalue weighted by Crippen LogP contribution is 2.48. The van der Waals surface area contributed by atoms with E-state index in [0.29, 0.717) is 55.3 Å².